The van der Waals surface area contributed by atoms with E-state index in [1.54, 1.807) is 24.3 Å². The van der Waals surface area contributed by atoms with E-state index >= 15 is 0 Å². The average Bonchev–Trinajstić information content (AvgIpc) is 2.97. The van der Waals surface area contributed by atoms with Crippen molar-refractivity contribution in [3.63, 3.8) is 0 Å². The van der Waals surface area contributed by atoms with Crippen molar-refractivity contribution in [3.05, 3.63) is 70.9 Å². The molecule has 0 fully saturated rings. The van der Waals surface area contributed by atoms with Gasteiger partial charge in [-0.15, -0.1) is 0 Å². The number of alkyl halides is 3. The summed E-state index contributed by atoms with van der Waals surface area (Å²) in [5, 5.41) is 2.96. The van der Waals surface area contributed by atoms with Crippen molar-refractivity contribution in [2.75, 3.05) is 30.7 Å². The van der Waals surface area contributed by atoms with Crippen LogP contribution in [0.1, 0.15) is 17.2 Å². The Hall–Kier alpha value is -3.04. The molecule has 6 nitrogen and oxygen atoms in total. The molecule has 0 radical (unpaired) electrons. The summed E-state index contributed by atoms with van der Waals surface area (Å²) in [7, 11) is 0. The van der Waals surface area contributed by atoms with Gasteiger partial charge in [0.1, 0.15) is 0 Å². The first-order valence-electron chi connectivity index (χ1n) is 8.98. The van der Waals surface area contributed by atoms with Crippen LogP contribution in [0.15, 0.2) is 59.8 Å². The summed E-state index contributed by atoms with van der Waals surface area (Å²) >= 11 is 0. The van der Waals surface area contributed by atoms with Crippen molar-refractivity contribution in [3.8, 4) is 0 Å². The molecule has 0 aliphatic carbocycles. The zero-order valence-electron chi connectivity index (χ0n) is 15.5. The Morgan fingerprint density at radius 1 is 1.14 bits per heavy atom. The highest BCUT2D eigenvalue weighted by Crippen LogP contribution is 2.33. The second kappa shape index (κ2) is 8.14. The first-order valence-corrected chi connectivity index (χ1v) is 8.98. The van der Waals surface area contributed by atoms with E-state index in [2.05, 4.69) is 5.32 Å². The smallest absolute Gasteiger partial charge is 0.399 e. The van der Waals surface area contributed by atoms with E-state index in [0.717, 1.165) is 12.1 Å². The first kappa shape index (κ1) is 20.7. The van der Waals surface area contributed by atoms with Crippen LogP contribution in [0.4, 0.5) is 24.5 Å². The minimum Gasteiger partial charge on any atom is -0.399 e. The van der Waals surface area contributed by atoms with Gasteiger partial charge in [-0.05, 0) is 35.9 Å². The molecule has 1 amide bonds. The van der Waals surface area contributed by atoms with Gasteiger partial charge in [0, 0.05) is 30.2 Å². The third-order valence-corrected chi connectivity index (χ3v) is 4.68. The van der Waals surface area contributed by atoms with E-state index in [9.17, 15) is 18.0 Å². The van der Waals surface area contributed by atoms with Gasteiger partial charge in [-0.3, -0.25) is 4.79 Å². The van der Waals surface area contributed by atoms with E-state index in [4.69, 9.17) is 17.2 Å². The first-order chi connectivity index (χ1) is 13.7. The molecule has 0 unspecified atom stereocenters. The van der Waals surface area contributed by atoms with E-state index in [-0.39, 0.29) is 24.7 Å². The standard InChI is InChI=1S/C20H22F3N5O/c21-20(22,23)13-2-1-3-15(10-13)27-16-11-28(9-8-24)19(29)17(16)18(26)12-4-6-14(25)7-5-12/h1-7,10,18,27H,8-9,11,24-26H2/t18-/m1/s1. The number of nitrogens with one attached hydrogen (secondary N) is 1. The number of benzene rings is 2. The van der Waals surface area contributed by atoms with Crippen molar-refractivity contribution in [2.45, 2.75) is 12.2 Å². The van der Waals surface area contributed by atoms with Crippen LogP contribution in [0.25, 0.3) is 0 Å². The molecule has 3 rings (SSSR count). The van der Waals surface area contributed by atoms with Gasteiger partial charge in [0.15, 0.2) is 0 Å². The highest BCUT2D eigenvalue weighted by molar-refractivity contribution is 5.99. The predicted octanol–water partition coefficient (Wildman–Crippen LogP) is 2.45. The molecule has 0 bridgehead atoms. The minimum atomic E-state index is -4.47. The maximum atomic E-state index is 13.0. The fourth-order valence-electron chi connectivity index (χ4n) is 3.23. The lowest BCUT2D eigenvalue weighted by molar-refractivity contribution is -0.137. The molecule has 7 N–H and O–H groups in total. The molecule has 154 valence electrons. The second-order valence-corrected chi connectivity index (χ2v) is 6.76. The number of hydrogen-bond acceptors (Lipinski definition) is 5. The van der Waals surface area contributed by atoms with E-state index in [1.165, 1.54) is 17.0 Å². The molecule has 0 saturated carbocycles. The zero-order chi connectivity index (χ0) is 21.2. The Labute approximate surface area is 166 Å². The van der Waals surface area contributed by atoms with E-state index in [0.29, 0.717) is 29.1 Å². The highest BCUT2D eigenvalue weighted by atomic mass is 19.4. The van der Waals surface area contributed by atoms with Crippen LogP contribution < -0.4 is 22.5 Å². The van der Waals surface area contributed by atoms with Gasteiger partial charge in [-0.1, -0.05) is 18.2 Å². The summed E-state index contributed by atoms with van der Waals surface area (Å²) < 4.78 is 39.1. The normalized spacial score (nSPS) is 15.8. The number of hydrogen-bond donors (Lipinski definition) is 4. The maximum Gasteiger partial charge on any atom is 0.416 e. The summed E-state index contributed by atoms with van der Waals surface area (Å²) in [6, 6.07) is 10.8. The van der Waals surface area contributed by atoms with Crippen LogP contribution in [-0.4, -0.2) is 30.4 Å². The summed E-state index contributed by atoms with van der Waals surface area (Å²) in [6.45, 7) is 0.752. The summed E-state index contributed by atoms with van der Waals surface area (Å²) in [6.07, 6.45) is -4.47. The van der Waals surface area contributed by atoms with E-state index < -0.39 is 17.8 Å². The molecule has 0 spiro atoms. The molecule has 2 aromatic carbocycles. The monoisotopic (exact) mass is 405 g/mol. The Kier molecular flexibility index (Phi) is 5.81. The Balaban J connectivity index is 1.97. The topological polar surface area (TPSA) is 110 Å². The van der Waals surface area contributed by atoms with Gasteiger partial charge in [0.25, 0.3) is 5.91 Å². The number of anilines is 2. The fraction of sp³-hybridized carbons (Fsp3) is 0.250. The molecule has 29 heavy (non-hydrogen) atoms. The number of nitrogens with zero attached hydrogens (tertiary/aromatic N) is 1. The molecule has 9 heteroatoms. The molecule has 1 aliphatic heterocycles. The van der Waals surface area contributed by atoms with Crippen LogP contribution in [0, 0.1) is 0 Å². The lowest BCUT2D eigenvalue weighted by Gasteiger charge is -2.17. The molecule has 1 atom stereocenters. The van der Waals surface area contributed by atoms with Crippen LogP contribution in [0.5, 0.6) is 0 Å². The molecular formula is C20H22F3N5O. The SMILES string of the molecule is NCCN1CC(Nc2cccc(C(F)(F)F)c2)=C([C@H](N)c2ccc(N)cc2)C1=O. The number of rotatable bonds is 6. The third-order valence-electron chi connectivity index (χ3n) is 4.68. The van der Waals surface area contributed by atoms with Crippen molar-refractivity contribution in [1.29, 1.82) is 0 Å². The fourth-order valence-corrected chi connectivity index (χ4v) is 3.23. The van der Waals surface area contributed by atoms with Crippen molar-refractivity contribution < 1.29 is 18.0 Å². The van der Waals surface area contributed by atoms with Crippen LogP contribution in [0.2, 0.25) is 0 Å². The quantitative estimate of drug-likeness (QED) is 0.552. The number of halogens is 3. The van der Waals surface area contributed by atoms with Crippen molar-refractivity contribution >= 4 is 17.3 Å². The lowest BCUT2D eigenvalue weighted by atomic mass is 9.98. The lowest BCUT2D eigenvalue weighted by Crippen LogP contribution is -2.34. The number of amides is 1. The summed E-state index contributed by atoms with van der Waals surface area (Å²) in [5.41, 5.74) is 19.0. The van der Waals surface area contributed by atoms with Gasteiger partial charge in [-0.2, -0.15) is 13.2 Å². The van der Waals surface area contributed by atoms with Crippen LogP contribution >= 0.6 is 0 Å². The Bertz CT molecular complexity index is 924. The summed E-state index contributed by atoms with van der Waals surface area (Å²) in [5.74, 6) is -0.297. The largest absolute Gasteiger partial charge is 0.416 e. The van der Waals surface area contributed by atoms with Crippen LogP contribution in [0.3, 0.4) is 0 Å². The maximum absolute atomic E-state index is 13.0. The number of carbonyl (C=O) groups excluding carboxylic acids is 1. The minimum absolute atomic E-state index is 0.185. The second-order valence-electron chi connectivity index (χ2n) is 6.76. The number of carbonyl (C=O) groups is 1. The van der Waals surface area contributed by atoms with Crippen molar-refractivity contribution in [1.82, 2.24) is 4.90 Å². The van der Waals surface area contributed by atoms with Crippen LogP contribution in [-0.2, 0) is 11.0 Å². The average molecular weight is 405 g/mol. The molecule has 1 aliphatic rings. The highest BCUT2D eigenvalue weighted by Gasteiger charge is 2.35. The third kappa shape index (κ3) is 4.52. The summed E-state index contributed by atoms with van der Waals surface area (Å²) in [4.78, 5) is 14.4. The predicted molar refractivity (Wildman–Crippen MR) is 106 cm³/mol. The van der Waals surface area contributed by atoms with Gasteiger partial charge >= 0.3 is 6.18 Å². The van der Waals surface area contributed by atoms with Gasteiger partial charge in [0.05, 0.1) is 23.7 Å². The van der Waals surface area contributed by atoms with Gasteiger partial charge in [-0.25, -0.2) is 0 Å². The molecule has 0 saturated heterocycles. The van der Waals surface area contributed by atoms with Gasteiger partial charge in [0.2, 0.25) is 0 Å². The molecular weight excluding hydrogens is 383 g/mol. The van der Waals surface area contributed by atoms with Gasteiger partial charge < -0.3 is 27.4 Å². The Morgan fingerprint density at radius 2 is 1.83 bits per heavy atom. The molecule has 0 aromatic heterocycles. The number of nitrogen functional groups attached to an aromatic ring is 1. The molecule has 2 aromatic rings. The zero-order valence-corrected chi connectivity index (χ0v) is 15.5. The molecule has 1 heterocycles. The Morgan fingerprint density at radius 3 is 2.45 bits per heavy atom. The number of nitrogens with two attached hydrogens (primary N) is 3. The van der Waals surface area contributed by atoms with E-state index in [1.807, 2.05) is 0 Å². The van der Waals surface area contributed by atoms with Crippen molar-refractivity contribution in [2.24, 2.45) is 11.5 Å².